The third-order valence-electron chi connectivity index (χ3n) is 3.42. The molecule has 0 fully saturated rings. The average Bonchev–Trinajstić information content (AvgIpc) is 2.82. The van der Waals surface area contributed by atoms with Crippen LogP contribution in [0, 0.1) is 5.92 Å². The van der Waals surface area contributed by atoms with E-state index in [4.69, 9.17) is 9.57 Å². The molecule has 0 aliphatic heterocycles. The SMILES string of the molecule is CC(C)[C@H](NC(=O)CCCC(=O)On1c(O)ccc1O)C(=O)OC(C)(C)C. The van der Waals surface area contributed by atoms with Gasteiger partial charge in [-0.05, 0) is 33.1 Å². The molecule has 152 valence electrons. The molecule has 0 bridgehead atoms. The van der Waals surface area contributed by atoms with Crippen LogP contribution >= 0.6 is 0 Å². The molecule has 0 aliphatic carbocycles. The van der Waals surface area contributed by atoms with E-state index in [9.17, 15) is 24.6 Å². The third-order valence-corrected chi connectivity index (χ3v) is 3.42. The molecule has 9 nitrogen and oxygen atoms in total. The summed E-state index contributed by atoms with van der Waals surface area (Å²) in [4.78, 5) is 40.8. The van der Waals surface area contributed by atoms with Crippen LogP contribution in [0.2, 0.25) is 0 Å². The van der Waals surface area contributed by atoms with E-state index in [2.05, 4.69) is 5.32 Å². The fourth-order valence-corrected chi connectivity index (χ4v) is 2.14. The Morgan fingerprint density at radius 2 is 1.67 bits per heavy atom. The smallest absolute Gasteiger partial charge is 0.333 e. The van der Waals surface area contributed by atoms with Gasteiger partial charge >= 0.3 is 11.9 Å². The molecule has 1 heterocycles. The summed E-state index contributed by atoms with van der Waals surface area (Å²) in [5.41, 5.74) is -0.658. The van der Waals surface area contributed by atoms with Crippen molar-refractivity contribution >= 4 is 17.8 Å². The van der Waals surface area contributed by atoms with Gasteiger partial charge in [-0.15, -0.1) is 4.73 Å². The maximum absolute atomic E-state index is 12.2. The minimum Gasteiger partial charge on any atom is -0.492 e. The van der Waals surface area contributed by atoms with E-state index < -0.39 is 35.3 Å². The quantitative estimate of drug-likeness (QED) is 0.580. The number of carbonyl (C=O) groups is 3. The lowest BCUT2D eigenvalue weighted by Crippen LogP contribution is -2.47. The van der Waals surface area contributed by atoms with Crippen molar-refractivity contribution in [2.75, 3.05) is 0 Å². The molecule has 0 unspecified atom stereocenters. The Kier molecular flexibility index (Phi) is 7.68. The number of amides is 1. The van der Waals surface area contributed by atoms with Gasteiger partial charge in [-0.3, -0.25) is 4.79 Å². The lowest BCUT2D eigenvalue weighted by Gasteiger charge is -2.26. The molecule has 0 spiro atoms. The van der Waals surface area contributed by atoms with Crippen molar-refractivity contribution in [3.63, 3.8) is 0 Å². The van der Waals surface area contributed by atoms with Crippen LogP contribution in [0.5, 0.6) is 11.8 Å². The zero-order valence-corrected chi connectivity index (χ0v) is 16.3. The number of nitrogens with zero attached hydrogens (tertiary/aromatic N) is 1. The first-order valence-corrected chi connectivity index (χ1v) is 8.73. The van der Waals surface area contributed by atoms with Crippen LogP contribution in [0.15, 0.2) is 12.1 Å². The van der Waals surface area contributed by atoms with E-state index in [-0.39, 0.29) is 31.1 Å². The molecular weight excluding hydrogens is 356 g/mol. The molecule has 1 aromatic rings. The molecule has 3 N–H and O–H groups in total. The van der Waals surface area contributed by atoms with Gasteiger partial charge in [-0.1, -0.05) is 13.8 Å². The predicted molar refractivity (Wildman–Crippen MR) is 95.8 cm³/mol. The Balaban J connectivity index is 2.46. The van der Waals surface area contributed by atoms with Gasteiger partial charge in [0, 0.05) is 25.0 Å². The minimum absolute atomic E-state index is 0.00472. The zero-order valence-electron chi connectivity index (χ0n) is 16.3. The molecule has 27 heavy (non-hydrogen) atoms. The number of esters is 1. The first-order valence-electron chi connectivity index (χ1n) is 8.73. The number of carbonyl (C=O) groups excluding carboxylic acids is 3. The maximum atomic E-state index is 12.2. The lowest BCUT2D eigenvalue weighted by atomic mass is 10.0. The van der Waals surface area contributed by atoms with Crippen LogP contribution in [0.1, 0.15) is 53.9 Å². The van der Waals surface area contributed by atoms with E-state index in [1.54, 1.807) is 34.6 Å². The number of aromatic hydroxyl groups is 2. The normalized spacial score (nSPS) is 12.5. The predicted octanol–water partition coefficient (Wildman–Crippen LogP) is 1.51. The first kappa shape index (κ1) is 22.3. The van der Waals surface area contributed by atoms with Crippen LogP contribution in [-0.4, -0.2) is 44.4 Å². The van der Waals surface area contributed by atoms with Gasteiger partial charge in [0.15, 0.2) is 0 Å². The Morgan fingerprint density at radius 3 is 2.15 bits per heavy atom. The van der Waals surface area contributed by atoms with Gasteiger partial charge in [0.25, 0.3) is 0 Å². The Hall–Kier alpha value is -2.71. The van der Waals surface area contributed by atoms with Crippen molar-refractivity contribution in [1.82, 2.24) is 10.0 Å². The number of nitrogens with one attached hydrogen (secondary N) is 1. The highest BCUT2D eigenvalue weighted by Gasteiger charge is 2.29. The third kappa shape index (κ3) is 7.59. The van der Waals surface area contributed by atoms with Crippen molar-refractivity contribution in [2.24, 2.45) is 5.92 Å². The van der Waals surface area contributed by atoms with E-state index in [1.165, 1.54) is 12.1 Å². The summed E-state index contributed by atoms with van der Waals surface area (Å²) in [7, 11) is 0. The lowest BCUT2D eigenvalue weighted by molar-refractivity contribution is -0.160. The fraction of sp³-hybridized carbons (Fsp3) is 0.611. The van der Waals surface area contributed by atoms with E-state index >= 15 is 0 Å². The van der Waals surface area contributed by atoms with Crippen LogP contribution in [-0.2, 0) is 19.1 Å². The number of hydrogen-bond donors (Lipinski definition) is 3. The van der Waals surface area contributed by atoms with Crippen LogP contribution in [0.25, 0.3) is 0 Å². The van der Waals surface area contributed by atoms with E-state index in [0.717, 1.165) is 0 Å². The van der Waals surface area contributed by atoms with Crippen LogP contribution < -0.4 is 10.2 Å². The molecule has 0 saturated carbocycles. The van der Waals surface area contributed by atoms with Crippen molar-refractivity contribution in [2.45, 2.75) is 65.5 Å². The Bertz CT molecular complexity index is 654. The van der Waals surface area contributed by atoms with Crippen molar-refractivity contribution in [1.29, 1.82) is 0 Å². The zero-order chi connectivity index (χ0) is 20.8. The average molecular weight is 384 g/mol. The second-order valence-corrected chi connectivity index (χ2v) is 7.48. The Labute approximate surface area is 158 Å². The number of aromatic nitrogens is 1. The van der Waals surface area contributed by atoms with Gasteiger partial charge in [-0.2, -0.15) is 0 Å². The summed E-state index contributed by atoms with van der Waals surface area (Å²) in [5.74, 6) is -2.63. The van der Waals surface area contributed by atoms with Crippen molar-refractivity contribution < 1.29 is 34.2 Å². The maximum Gasteiger partial charge on any atom is 0.333 e. The van der Waals surface area contributed by atoms with Crippen LogP contribution in [0.3, 0.4) is 0 Å². The van der Waals surface area contributed by atoms with E-state index in [1.807, 2.05) is 0 Å². The molecule has 0 aromatic carbocycles. The molecule has 9 heteroatoms. The molecule has 0 aliphatic rings. The summed E-state index contributed by atoms with van der Waals surface area (Å²) in [6.07, 6.45) is 0.0701. The van der Waals surface area contributed by atoms with Crippen molar-refractivity contribution in [3.8, 4) is 11.8 Å². The highest BCUT2D eigenvalue weighted by molar-refractivity contribution is 5.85. The molecule has 0 saturated heterocycles. The van der Waals surface area contributed by atoms with Gasteiger partial charge in [0.05, 0.1) is 0 Å². The van der Waals surface area contributed by atoms with Crippen molar-refractivity contribution in [3.05, 3.63) is 12.1 Å². The fourth-order valence-electron chi connectivity index (χ4n) is 2.14. The van der Waals surface area contributed by atoms with Gasteiger partial charge < -0.3 is 25.1 Å². The largest absolute Gasteiger partial charge is 0.492 e. The second kappa shape index (κ2) is 9.29. The molecule has 1 amide bonds. The van der Waals surface area contributed by atoms with Gasteiger partial charge in [-0.25, -0.2) is 9.59 Å². The van der Waals surface area contributed by atoms with E-state index in [0.29, 0.717) is 4.73 Å². The summed E-state index contributed by atoms with van der Waals surface area (Å²) in [6.45, 7) is 8.83. The monoisotopic (exact) mass is 384 g/mol. The molecule has 1 atom stereocenters. The van der Waals surface area contributed by atoms with Crippen LogP contribution in [0.4, 0.5) is 0 Å². The van der Waals surface area contributed by atoms with Gasteiger partial charge in [0.1, 0.15) is 11.6 Å². The highest BCUT2D eigenvalue weighted by Crippen LogP contribution is 2.19. The number of rotatable bonds is 8. The van der Waals surface area contributed by atoms with Gasteiger partial charge in [0.2, 0.25) is 17.7 Å². The number of hydrogen-bond acceptors (Lipinski definition) is 7. The number of ether oxygens (including phenoxy) is 1. The molecular formula is C18H28N2O7. The first-order chi connectivity index (χ1) is 12.4. The summed E-state index contributed by atoms with van der Waals surface area (Å²) >= 11 is 0. The summed E-state index contributed by atoms with van der Waals surface area (Å²) in [5, 5.41) is 21.4. The Morgan fingerprint density at radius 1 is 1.11 bits per heavy atom. The molecule has 1 aromatic heterocycles. The highest BCUT2D eigenvalue weighted by atomic mass is 16.7. The molecule has 0 radical (unpaired) electrons. The standard InChI is InChI=1S/C18H28N2O7/c1-11(2)16(17(25)26-18(3,4)5)19-12(21)7-6-8-15(24)27-20-13(22)9-10-14(20)23/h9-11,16,22-23H,6-8H2,1-5H3,(H,19,21)/t16-/m0/s1. The topological polar surface area (TPSA) is 127 Å². The minimum atomic E-state index is -0.780. The summed E-state index contributed by atoms with van der Waals surface area (Å²) in [6, 6.07) is 1.55. The summed E-state index contributed by atoms with van der Waals surface area (Å²) < 4.78 is 5.89. The molecule has 1 rings (SSSR count). The second-order valence-electron chi connectivity index (χ2n) is 7.48.